The third-order valence-electron chi connectivity index (χ3n) is 2.86. The molecule has 0 aliphatic carbocycles. The molecule has 2 nitrogen and oxygen atoms in total. The molecule has 0 aliphatic rings. The average Bonchev–Trinajstić information content (AvgIpc) is 2.39. The first-order valence-corrected chi connectivity index (χ1v) is 6.94. The molecule has 0 amide bonds. The lowest BCUT2D eigenvalue weighted by Crippen LogP contribution is -2.12. The molecule has 0 spiro atoms. The summed E-state index contributed by atoms with van der Waals surface area (Å²) < 4.78 is 32.6. The van der Waals surface area contributed by atoms with Crippen molar-refractivity contribution in [2.75, 3.05) is 6.61 Å². The van der Waals surface area contributed by atoms with E-state index in [0.29, 0.717) is 17.9 Å². The molecular weight excluding hydrogens is 328 g/mol. The number of nitrogens with two attached hydrogens (primary N) is 1. The molecule has 0 saturated carbocycles. The summed E-state index contributed by atoms with van der Waals surface area (Å²) in [6, 6.07) is 8.04. The number of hydrogen-bond donors (Lipinski definition) is 1. The van der Waals surface area contributed by atoms with E-state index in [4.69, 9.17) is 10.5 Å². The fraction of sp³-hybridized carbons (Fsp3) is 0.200. The van der Waals surface area contributed by atoms with Crippen molar-refractivity contribution in [3.63, 3.8) is 0 Å². The van der Waals surface area contributed by atoms with Crippen LogP contribution in [0.1, 0.15) is 24.1 Å². The summed E-state index contributed by atoms with van der Waals surface area (Å²) >= 11 is 3.39. The Kier molecular flexibility index (Phi) is 4.73. The van der Waals surface area contributed by atoms with E-state index in [1.165, 1.54) is 12.1 Å². The largest absolute Gasteiger partial charge is 0.493 e. The van der Waals surface area contributed by atoms with Gasteiger partial charge in [0.1, 0.15) is 17.4 Å². The fourth-order valence-electron chi connectivity index (χ4n) is 1.93. The van der Waals surface area contributed by atoms with Gasteiger partial charge in [0.15, 0.2) is 0 Å². The summed E-state index contributed by atoms with van der Waals surface area (Å²) in [5, 5.41) is 0. The van der Waals surface area contributed by atoms with Crippen molar-refractivity contribution < 1.29 is 13.5 Å². The number of hydrogen-bond acceptors (Lipinski definition) is 2. The van der Waals surface area contributed by atoms with Gasteiger partial charge in [-0.2, -0.15) is 0 Å². The van der Waals surface area contributed by atoms with Gasteiger partial charge in [-0.05, 0) is 58.2 Å². The van der Waals surface area contributed by atoms with Crippen molar-refractivity contribution >= 4 is 15.9 Å². The Morgan fingerprint density at radius 2 is 1.75 bits per heavy atom. The van der Waals surface area contributed by atoms with Gasteiger partial charge >= 0.3 is 0 Å². The van der Waals surface area contributed by atoms with Gasteiger partial charge in [0.05, 0.1) is 17.1 Å². The van der Waals surface area contributed by atoms with Gasteiger partial charge < -0.3 is 10.5 Å². The van der Waals surface area contributed by atoms with Crippen LogP contribution in [0, 0.1) is 11.6 Å². The highest BCUT2D eigenvalue weighted by molar-refractivity contribution is 9.10. The number of halogens is 3. The van der Waals surface area contributed by atoms with Crippen LogP contribution in [-0.4, -0.2) is 6.61 Å². The van der Waals surface area contributed by atoms with Crippen molar-refractivity contribution in [2.45, 2.75) is 13.0 Å². The molecule has 1 atom stereocenters. The topological polar surface area (TPSA) is 35.2 Å². The monoisotopic (exact) mass is 341 g/mol. The molecule has 0 radical (unpaired) electrons. The van der Waals surface area contributed by atoms with E-state index in [1.54, 1.807) is 18.2 Å². The lowest BCUT2D eigenvalue weighted by Gasteiger charge is -2.15. The summed E-state index contributed by atoms with van der Waals surface area (Å²) in [4.78, 5) is 0. The minimum atomic E-state index is -0.638. The third-order valence-corrected chi connectivity index (χ3v) is 3.48. The van der Waals surface area contributed by atoms with Gasteiger partial charge in [0.25, 0.3) is 0 Å². The van der Waals surface area contributed by atoms with Crippen molar-refractivity contribution in [1.82, 2.24) is 0 Å². The summed E-state index contributed by atoms with van der Waals surface area (Å²) in [6.45, 7) is 2.45. The van der Waals surface area contributed by atoms with Crippen LogP contribution in [-0.2, 0) is 0 Å². The van der Waals surface area contributed by atoms with Gasteiger partial charge in [-0.15, -0.1) is 0 Å². The standard InChI is InChI=1S/C15H14BrF2NO/c1-2-20-14-4-3-9(7-13(14)16)15(19)10-5-11(17)8-12(18)6-10/h3-8,15H,2,19H2,1H3. The molecule has 0 bridgehead atoms. The lowest BCUT2D eigenvalue weighted by atomic mass is 9.99. The maximum Gasteiger partial charge on any atom is 0.133 e. The van der Waals surface area contributed by atoms with E-state index >= 15 is 0 Å². The Hall–Kier alpha value is -1.46. The van der Waals surface area contributed by atoms with Crippen LogP contribution in [0.15, 0.2) is 40.9 Å². The van der Waals surface area contributed by atoms with Crippen LogP contribution in [0.4, 0.5) is 8.78 Å². The molecule has 2 N–H and O–H groups in total. The Labute approximate surface area is 124 Å². The second kappa shape index (κ2) is 6.33. The first-order valence-electron chi connectivity index (χ1n) is 6.15. The zero-order chi connectivity index (χ0) is 14.7. The molecule has 0 saturated heterocycles. The summed E-state index contributed by atoms with van der Waals surface area (Å²) in [7, 11) is 0. The first kappa shape index (κ1) is 14.9. The van der Waals surface area contributed by atoms with Gasteiger partial charge in [-0.3, -0.25) is 0 Å². The predicted octanol–water partition coefficient (Wildman–Crippen LogP) is 4.17. The maximum absolute atomic E-state index is 13.2. The molecule has 1 unspecified atom stereocenters. The van der Waals surface area contributed by atoms with Gasteiger partial charge in [-0.25, -0.2) is 8.78 Å². The minimum absolute atomic E-state index is 0.388. The maximum atomic E-state index is 13.2. The van der Waals surface area contributed by atoms with E-state index in [9.17, 15) is 8.78 Å². The van der Waals surface area contributed by atoms with Gasteiger partial charge in [0, 0.05) is 6.07 Å². The van der Waals surface area contributed by atoms with E-state index in [-0.39, 0.29) is 0 Å². The third kappa shape index (κ3) is 3.35. The summed E-state index contributed by atoms with van der Waals surface area (Å²) in [5.74, 6) is -0.574. The second-order valence-corrected chi connectivity index (χ2v) is 5.16. The molecule has 0 heterocycles. The molecular formula is C15H14BrF2NO. The van der Waals surface area contributed by atoms with Crippen molar-refractivity contribution in [3.8, 4) is 5.75 Å². The predicted molar refractivity (Wildman–Crippen MR) is 77.7 cm³/mol. The fourth-order valence-corrected chi connectivity index (χ4v) is 2.44. The SMILES string of the molecule is CCOc1ccc(C(N)c2cc(F)cc(F)c2)cc1Br. The van der Waals surface area contributed by atoms with E-state index in [0.717, 1.165) is 16.1 Å². The molecule has 5 heteroatoms. The highest BCUT2D eigenvalue weighted by Gasteiger charge is 2.13. The van der Waals surface area contributed by atoms with Crippen LogP contribution in [0.3, 0.4) is 0 Å². The van der Waals surface area contributed by atoms with Crippen LogP contribution >= 0.6 is 15.9 Å². The first-order chi connectivity index (χ1) is 9.51. The van der Waals surface area contributed by atoms with Crippen molar-refractivity contribution in [1.29, 1.82) is 0 Å². The molecule has 0 aliphatic heterocycles. The second-order valence-electron chi connectivity index (χ2n) is 4.30. The quantitative estimate of drug-likeness (QED) is 0.905. The molecule has 2 aromatic rings. The van der Waals surface area contributed by atoms with Crippen molar-refractivity contribution in [2.24, 2.45) is 5.73 Å². The van der Waals surface area contributed by atoms with Crippen LogP contribution < -0.4 is 10.5 Å². The molecule has 2 aromatic carbocycles. The lowest BCUT2D eigenvalue weighted by molar-refractivity contribution is 0.338. The smallest absolute Gasteiger partial charge is 0.133 e. The average molecular weight is 342 g/mol. The summed E-state index contributed by atoms with van der Waals surface area (Å²) in [5.41, 5.74) is 7.18. The number of benzene rings is 2. The van der Waals surface area contributed by atoms with Crippen molar-refractivity contribution in [3.05, 3.63) is 63.6 Å². The highest BCUT2D eigenvalue weighted by atomic mass is 79.9. The van der Waals surface area contributed by atoms with E-state index < -0.39 is 17.7 Å². The van der Waals surface area contributed by atoms with E-state index in [1.807, 2.05) is 6.92 Å². The normalized spacial score (nSPS) is 12.2. The zero-order valence-corrected chi connectivity index (χ0v) is 12.5. The van der Waals surface area contributed by atoms with Crippen LogP contribution in [0.25, 0.3) is 0 Å². The van der Waals surface area contributed by atoms with E-state index in [2.05, 4.69) is 15.9 Å². The van der Waals surface area contributed by atoms with Gasteiger partial charge in [-0.1, -0.05) is 6.07 Å². The van der Waals surface area contributed by atoms with Gasteiger partial charge in [0.2, 0.25) is 0 Å². The number of rotatable bonds is 4. The van der Waals surface area contributed by atoms with Crippen LogP contribution in [0.2, 0.25) is 0 Å². The Morgan fingerprint density at radius 3 is 2.30 bits per heavy atom. The summed E-state index contributed by atoms with van der Waals surface area (Å²) in [6.07, 6.45) is 0. The Bertz CT molecular complexity index is 599. The van der Waals surface area contributed by atoms with Crippen LogP contribution in [0.5, 0.6) is 5.75 Å². The molecule has 0 fully saturated rings. The molecule has 2 rings (SSSR count). The minimum Gasteiger partial charge on any atom is -0.493 e. The highest BCUT2D eigenvalue weighted by Crippen LogP contribution is 2.30. The Morgan fingerprint density at radius 1 is 1.10 bits per heavy atom. The number of ether oxygens (including phenoxy) is 1. The zero-order valence-electron chi connectivity index (χ0n) is 10.9. The molecule has 0 aromatic heterocycles. The Balaban J connectivity index is 2.33. The molecule has 20 heavy (non-hydrogen) atoms. The molecule has 106 valence electrons.